The summed E-state index contributed by atoms with van der Waals surface area (Å²) in [5.41, 5.74) is 12.5. The number of anilines is 2. The first-order valence-corrected chi connectivity index (χ1v) is 18.3. The topological polar surface area (TPSA) is 29.3 Å². The van der Waals surface area contributed by atoms with Crippen LogP contribution in [0.4, 0.5) is 11.5 Å². The summed E-state index contributed by atoms with van der Waals surface area (Å²) in [5, 5.41) is 7.13. The lowest BCUT2D eigenvalue weighted by molar-refractivity contribution is 0.669. The van der Waals surface area contributed by atoms with Gasteiger partial charge in [-0.1, -0.05) is 121 Å². The molecule has 0 radical (unpaired) electrons. The molecule has 0 saturated heterocycles. The summed E-state index contributed by atoms with van der Waals surface area (Å²) in [6, 6.07) is 54.8. The van der Waals surface area contributed by atoms with E-state index in [0.717, 1.165) is 39.0 Å². The lowest BCUT2D eigenvalue weighted by atomic mass is 9.85. The van der Waals surface area contributed by atoms with Gasteiger partial charge in [0.1, 0.15) is 17.0 Å². The van der Waals surface area contributed by atoms with Crippen LogP contribution in [0.2, 0.25) is 0 Å². The minimum atomic E-state index is 0.134. The van der Waals surface area contributed by atoms with Crippen molar-refractivity contribution >= 4 is 60.6 Å². The average Bonchev–Trinajstić information content (AvgIpc) is 3.72. The third kappa shape index (κ3) is 5.00. The number of hydrogen-bond donors (Lipinski definition) is 0. The molecule has 1 atom stereocenters. The highest BCUT2D eigenvalue weighted by atomic mass is 16.3. The van der Waals surface area contributed by atoms with Crippen LogP contribution in [0.3, 0.4) is 0 Å². The van der Waals surface area contributed by atoms with Crippen molar-refractivity contribution in [2.75, 3.05) is 4.90 Å². The highest BCUT2D eigenvalue weighted by Crippen LogP contribution is 2.47. The molecule has 0 amide bonds. The largest absolute Gasteiger partial charge is 0.456 e. The Kier molecular flexibility index (Phi) is 7.33. The van der Waals surface area contributed by atoms with Crippen molar-refractivity contribution in [1.82, 2.24) is 4.98 Å². The van der Waals surface area contributed by atoms with Gasteiger partial charge >= 0.3 is 0 Å². The third-order valence-electron chi connectivity index (χ3n) is 10.8. The van der Waals surface area contributed by atoms with Crippen LogP contribution < -0.4 is 4.90 Å². The van der Waals surface area contributed by atoms with E-state index in [1.54, 1.807) is 0 Å². The number of hydrogen-bond acceptors (Lipinski definition) is 3. The number of pyridine rings is 1. The standard InChI is InChI=1S/C50H36N2O/c1-3-4-18-38-32(2)52(50-45(38)23-13-28-51-50)37-25-27-40-39-26-24-36(30-46(39)53-47(40)31-37)49-43-21-10-8-19-41(43)48(42-20-9-11-22-44(42)49)35-17-12-16-34(29-35)33-14-6-5-7-15-33/h3-32H,1-2H3/b4-3-,38-18+. The molecular formula is C50H36N2O. The number of fused-ring (bicyclic) bond motifs is 6. The van der Waals surface area contributed by atoms with Crippen LogP contribution in [-0.2, 0) is 0 Å². The van der Waals surface area contributed by atoms with E-state index in [-0.39, 0.29) is 6.04 Å². The van der Waals surface area contributed by atoms with Crippen LogP contribution in [0.15, 0.2) is 181 Å². The molecule has 0 bridgehead atoms. The SMILES string of the molecule is C/C=C\C=C1\c2cccnc2N(c2ccc3c(c2)oc2cc(-c4c5ccccc5c(-c5cccc(-c6ccccc6)c5)c5ccccc45)ccc23)C1C. The molecule has 1 unspecified atom stereocenters. The molecular weight excluding hydrogens is 645 g/mol. The fourth-order valence-electron chi connectivity index (χ4n) is 8.44. The molecule has 1 aliphatic heterocycles. The molecule has 1 aliphatic rings. The Morgan fingerprint density at radius 3 is 1.85 bits per heavy atom. The van der Waals surface area contributed by atoms with Crippen LogP contribution >= 0.6 is 0 Å². The second kappa shape index (κ2) is 12.5. The molecule has 3 heterocycles. The van der Waals surface area contributed by atoms with Gasteiger partial charge in [-0.3, -0.25) is 0 Å². The van der Waals surface area contributed by atoms with E-state index in [1.165, 1.54) is 60.5 Å². The molecule has 0 spiro atoms. The van der Waals surface area contributed by atoms with Gasteiger partial charge in [-0.05, 0) is 117 Å². The molecule has 0 saturated carbocycles. The Bertz CT molecular complexity index is 2870. The van der Waals surface area contributed by atoms with Gasteiger partial charge in [-0.2, -0.15) is 0 Å². The molecule has 10 rings (SSSR count). The molecule has 0 N–H and O–H groups in total. The molecule has 0 aliphatic carbocycles. The van der Waals surface area contributed by atoms with E-state index in [1.807, 2.05) is 19.2 Å². The molecule has 252 valence electrons. The highest BCUT2D eigenvalue weighted by molar-refractivity contribution is 6.22. The molecule has 0 fully saturated rings. The number of aromatic nitrogens is 1. The van der Waals surface area contributed by atoms with Gasteiger partial charge in [0.05, 0.1) is 6.04 Å². The van der Waals surface area contributed by atoms with E-state index in [0.29, 0.717) is 0 Å². The summed E-state index contributed by atoms with van der Waals surface area (Å²) < 4.78 is 6.73. The van der Waals surface area contributed by atoms with Gasteiger partial charge in [0.15, 0.2) is 0 Å². The molecule has 3 nitrogen and oxygen atoms in total. The Morgan fingerprint density at radius 1 is 0.547 bits per heavy atom. The number of rotatable bonds is 5. The van der Waals surface area contributed by atoms with Crippen molar-refractivity contribution in [3.8, 4) is 33.4 Å². The first-order chi connectivity index (χ1) is 26.2. The van der Waals surface area contributed by atoms with Gasteiger partial charge in [0, 0.05) is 34.3 Å². The van der Waals surface area contributed by atoms with Crippen LogP contribution in [0.1, 0.15) is 19.4 Å². The zero-order valence-corrected chi connectivity index (χ0v) is 29.6. The quantitative estimate of drug-likeness (QED) is 0.169. The van der Waals surface area contributed by atoms with Gasteiger partial charge in [0.2, 0.25) is 0 Å². The maximum Gasteiger partial charge on any atom is 0.141 e. The first kappa shape index (κ1) is 31.1. The Labute approximate surface area is 308 Å². The fourth-order valence-corrected chi connectivity index (χ4v) is 8.44. The summed E-state index contributed by atoms with van der Waals surface area (Å²) in [7, 11) is 0. The summed E-state index contributed by atoms with van der Waals surface area (Å²) >= 11 is 0. The predicted octanol–water partition coefficient (Wildman–Crippen LogP) is 13.8. The lowest BCUT2D eigenvalue weighted by Crippen LogP contribution is -2.23. The molecule has 2 aromatic heterocycles. The zero-order chi connectivity index (χ0) is 35.5. The van der Waals surface area contributed by atoms with E-state index in [9.17, 15) is 0 Å². The van der Waals surface area contributed by atoms with Gasteiger partial charge in [-0.15, -0.1) is 0 Å². The molecule has 3 heteroatoms. The van der Waals surface area contributed by atoms with E-state index >= 15 is 0 Å². The maximum absolute atomic E-state index is 6.73. The van der Waals surface area contributed by atoms with Crippen molar-refractivity contribution in [1.29, 1.82) is 0 Å². The van der Waals surface area contributed by atoms with Crippen molar-refractivity contribution in [3.63, 3.8) is 0 Å². The minimum absolute atomic E-state index is 0.134. The predicted molar refractivity (Wildman–Crippen MR) is 224 cm³/mol. The van der Waals surface area contributed by atoms with E-state index in [2.05, 4.69) is 176 Å². The summed E-state index contributed by atoms with van der Waals surface area (Å²) in [4.78, 5) is 7.13. The smallest absolute Gasteiger partial charge is 0.141 e. The highest BCUT2D eigenvalue weighted by Gasteiger charge is 2.33. The van der Waals surface area contributed by atoms with Crippen molar-refractivity contribution in [2.24, 2.45) is 0 Å². The Hall–Kier alpha value is -6.71. The van der Waals surface area contributed by atoms with Crippen molar-refractivity contribution in [3.05, 3.63) is 182 Å². The normalized spacial score (nSPS) is 15.1. The van der Waals surface area contributed by atoms with Gasteiger partial charge < -0.3 is 9.32 Å². The average molecular weight is 681 g/mol. The zero-order valence-electron chi connectivity index (χ0n) is 29.6. The maximum atomic E-state index is 6.73. The Morgan fingerprint density at radius 2 is 1.15 bits per heavy atom. The third-order valence-corrected chi connectivity index (χ3v) is 10.8. The van der Waals surface area contributed by atoms with E-state index < -0.39 is 0 Å². The monoisotopic (exact) mass is 680 g/mol. The lowest BCUT2D eigenvalue weighted by Gasteiger charge is -2.24. The van der Waals surface area contributed by atoms with Crippen molar-refractivity contribution < 1.29 is 4.42 Å². The molecule has 9 aromatic rings. The Balaban J connectivity index is 1.12. The van der Waals surface area contributed by atoms with Crippen LogP contribution in [-0.4, -0.2) is 11.0 Å². The molecule has 53 heavy (non-hydrogen) atoms. The minimum Gasteiger partial charge on any atom is -0.456 e. The van der Waals surface area contributed by atoms with Crippen LogP contribution in [0, 0.1) is 0 Å². The number of nitrogens with zero attached hydrogens (tertiary/aromatic N) is 2. The number of benzene rings is 7. The second-order valence-corrected chi connectivity index (χ2v) is 13.8. The molecule has 7 aromatic carbocycles. The van der Waals surface area contributed by atoms with E-state index in [4.69, 9.17) is 9.40 Å². The van der Waals surface area contributed by atoms with Crippen LogP contribution in [0.5, 0.6) is 0 Å². The fraction of sp³-hybridized carbons (Fsp3) is 0.0600. The number of allylic oxidation sites excluding steroid dienone is 3. The summed E-state index contributed by atoms with van der Waals surface area (Å²) in [6.07, 6.45) is 8.25. The summed E-state index contributed by atoms with van der Waals surface area (Å²) in [6.45, 7) is 4.29. The number of furan rings is 1. The second-order valence-electron chi connectivity index (χ2n) is 13.8. The van der Waals surface area contributed by atoms with Crippen molar-refractivity contribution in [2.45, 2.75) is 19.9 Å². The van der Waals surface area contributed by atoms with Gasteiger partial charge in [0.25, 0.3) is 0 Å². The first-order valence-electron chi connectivity index (χ1n) is 18.3. The summed E-state index contributed by atoms with van der Waals surface area (Å²) in [5.74, 6) is 0.975. The van der Waals surface area contributed by atoms with Gasteiger partial charge in [-0.25, -0.2) is 4.98 Å². The van der Waals surface area contributed by atoms with Crippen LogP contribution in [0.25, 0.3) is 82.4 Å².